The van der Waals surface area contributed by atoms with Gasteiger partial charge in [-0.05, 0) is 17.7 Å². The Morgan fingerprint density at radius 2 is 1.88 bits per heavy atom. The molecular formula is C17H15Cl2N3O2. The predicted molar refractivity (Wildman–Crippen MR) is 91.8 cm³/mol. The molecule has 7 heteroatoms. The number of aliphatic hydroxyl groups is 2. The minimum Gasteiger partial charge on any atom is -0.385 e. The van der Waals surface area contributed by atoms with Crippen molar-refractivity contribution in [1.29, 1.82) is 0 Å². The van der Waals surface area contributed by atoms with Crippen LogP contribution < -0.4 is 0 Å². The molecule has 2 N–H and O–H groups in total. The maximum Gasteiger partial charge on any atom is 0.140 e. The Balaban J connectivity index is 2.09. The normalized spacial score (nSPS) is 15.0. The second kappa shape index (κ2) is 6.91. The zero-order chi connectivity index (χ0) is 17.2. The summed E-state index contributed by atoms with van der Waals surface area (Å²) in [5.74, 6) is 0. The Morgan fingerprint density at radius 3 is 2.50 bits per heavy atom. The monoisotopic (exact) mass is 363 g/mol. The van der Waals surface area contributed by atoms with E-state index in [1.165, 1.54) is 23.4 Å². The van der Waals surface area contributed by atoms with Crippen LogP contribution in [0, 0.1) is 0 Å². The molecule has 0 bridgehead atoms. The quantitative estimate of drug-likeness (QED) is 0.729. The Hall–Kier alpha value is -1.92. The first-order chi connectivity index (χ1) is 11.5. The van der Waals surface area contributed by atoms with E-state index in [1.807, 2.05) is 6.07 Å². The van der Waals surface area contributed by atoms with Crippen LogP contribution in [0.1, 0.15) is 17.2 Å². The van der Waals surface area contributed by atoms with Crippen LogP contribution >= 0.6 is 23.2 Å². The summed E-state index contributed by atoms with van der Waals surface area (Å²) in [6, 6.07) is 13.6. The fraction of sp³-hybridized carbons (Fsp3) is 0.176. The first kappa shape index (κ1) is 16.9. The summed E-state index contributed by atoms with van der Waals surface area (Å²) in [5, 5.41) is 27.0. The highest BCUT2D eigenvalue weighted by molar-refractivity contribution is 6.35. The summed E-state index contributed by atoms with van der Waals surface area (Å²) >= 11 is 12.2. The van der Waals surface area contributed by atoms with Gasteiger partial charge in [0.15, 0.2) is 0 Å². The summed E-state index contributed by atoms with van der Waals surface area (Å²) in [5.41, 5.74) is -0.789. The second-order valence-corrected chi connectivity index (χ2v) is 6.30. The van der Waals surface area contributed by atoms with Gasteiger partial charge >= 0.3 is 0 Å². The van der Waals surface area contributed by atoms with E-state index in [4.69, 9.17) is 23.2 Å². The van der Waals surface area contributed by atoms with Crippen molar-refractivity contribution >= 4 is 23.2 Å². The molecule has 3 aromatic rings. The first-order valence-electron chi connectivity index (χ1n) is 7.24. The third kappa shape index (κ3) is 3.30. The molecule has 1 heterocycles. The van der Waals surface area contributed by atoms with Crippen LogP contribution in [0.3, 0.4) is 0 Å². The van der Waals surface area contributed by atoms with Crippen molar-refractivity contribution in [2.24, 2.45) is 0 Å². The minimum atomic E-state index is -1.71. The molecule has 0 saturated heterocycles. The highest BCUT2D eigenvalue weighted by Gasteiger charge is 2.41. The molecule has 0 aliphatic rings. The van der Waals surface area contributed by atoms with Gasteiger partial charge in [-0.25, -0.2) is 9.67 Å². The molecule has 1 aromatic heterocycles. The van der Waals surface area contributed by atoms with Gasteiger partial charge in [0.25, 0.3) is 0 Å². The maximum absolute atomic E-state index is 11.4. The number of hydrogen-bond acceptors (Lipinski definition) is 4. The van der Waals surface area contributed by atoms with E-state index in [2.05, 4.69) is 10.1 Å². The Kier molecular flexibility index (Phi) is 4.87. The molecule has 0 amide bonds. The van der Waals surface area contributed by atoms with Crippen molar-refractivity contribution in [1.82, 2.24) is 14.8 Å². The smallest absolute Gasteiger partial charge is 0.140 e. The van der Waals surface area contributed by atoms with Gasteiger partial charge in [0, 0.05) is 15.6 Å². The molecule has 0 radical (unpaired) electrons. The molecule has 0 saturated carbocycles. The van der Waals surface area contributed by atoms with Gasteiger partial charge in [0.2, 0.25) is 0 Å². The van der Waals surface area contributed by atoms with Crippen LogP contribution in [-0.2, 0) is 12.1 Å². The van der Waals surface area contributed by atoms with Gasteiger partial charge in [-0.3, -0.25) is 0 Å². The lowest BCUT2D eigenvalue weighted by Gasteiger charge is -2.34. The molecule has 24 heavy (non-hydrogen) atoms. The van der Waals surface area contributed by atoms with Crippen LogP contribution in [-0.4, -0.2) is 25.0 Å². The molecule has 5 nitrogen and oxygen atoms in total. The highest BCUT2D eigenvalue weighted by Crippen LogP contribution is 2.40. The van der Waals surface area contributed by atoms with Crippen molar-refractivity contribution in [3.05, 3.63) is 82.4 Å². The van der Waals surface area contributed by atoms with E-state index in [-0.39, 0.29) is 11.6 Å². The van der Waals surface area contributed by atoms with Crippen molar-refractivity contribution in [2.45, 2.75) is 18.2 Å². The fourth-order valence-corrected chi connectivity index (χ4v) is 3.20. The number of benzene rings is 2. The van der Waals surface area contributed by atoms with Crippen molar-refractivity contribution in [3.8, 4) is 0 Å². The number of hydrogen-bond donors (Lipinski definition) is 2. The predicted octanol–water partition coefficient (Wildman–Crippen LogP) is 3.21. The Bertz CT molecular complexity index is 812. The Morgan fingerprint density at radius 1 is 1.12 bits per heavy atom. The van der Waals surface area contributed by atoms with Crippen LogP contribution in [0.25, 0.3) is 0 Å². The SMILES string of the molecule is OC(c1ccccc1)C(O)(Cn1cncn1)c1ccc(Cl)cc1Cl. The summed E-state index contributed by atoms with van der Waals surface area (Å²) in [6.07, 6.45) is 1.60. The number of aromatic nitrogens is 3. The van der Waals surface area contributed by atoms with Gasteiger partial charge in [-0.2, -0.15) is 5.10 Å². The zero-order valence-corrected chi connectivity index (χ0v) is 14.1. The molecule has 2 atom stereocenters. The number of rotatable bonds is 5. The highest BCUT2D eigenvalue weighted by atomic mass is 35.5. The summed E-state index contributed by atoms with van der Waals surface area (Å²) in [6.45, 7) is -0.0234. The lowest BCUT2D eigenvalue weighted by molar-refractivity contribution is -0.0964. The fourth-order valence-electron chi connectivity index (χ4n) is 2.63. The van der Waals surface area contributed by atoms with E-state index in [0.717, 1.165) is 0 Å². The molecular weight excluding hydrogens is 349 g/mol. The Labute approximate surface area is 149 Å². The van der Waals surface area contributed by atoms with Gasteiger partial charge in [0.05, 0.1) is 6.54 Å². The van der Waals surface area contributed by atoms with Crippen LogP contribution in [0.2, 0.25) is 10.0 Å². The van der Waals surface area contributed by atoms with E-state index in [0.29, 0.717) is 16.1 Å². The van der Waals surface area contributed by atoms with E-state index < -0.39 is 11.7 Å². The lowest BCUT2D eigenvalue weighted by Crippen LogP contribution is -2.38. The topological polar surface area (TPSA) is 71.2 Å². The first-order valence-corrected chi connectivity index (χ1v) is 7.99. The molecule has 2 aromatic carbocycles. The average Bonchev–Trinajstić information content (AvgIpc) is 3.07. The summed E-state index contributed by atoms with van der Waals surface area (Å²) < 4.78 is 1.44. The number of aliphatic hydroxyl groups excluding tert-OH is 1. The molecule has 0 spiro atoms. The molecule has 0 fully saturated rings. The number of nitrogens with zero attached hydrogens (tertiary/aromatic N) is 3. The largest absolute Gasteiger partial charge is 0.385 e. The van der Waals surface area contributed by atoms with E-state index >= 15 is 0 Å². The molecule has 3 rings (SSSR count). The third-order valence-electron chi connectivity index (χ3n) is 3.83. The number of halogens is 2. The lowest BCUT2D eigenvalue weighted by atomic mass is 9.84. The van der Waals surface area contributed by atoms with Gasteiger partial charge < -0.3 is 10.2 Å². The maximum atomic E-state index is 11.4. The van der Waals surface area contributed by atoms with Gasteiger partial charge in [-0.15, -0.1) is 0 Å². The molecule has 0 aliphatic heterocycles. The molecule has 2 unspecified atom stereocenters. The summed E-state index contributed by atoms with van der Waals surface area (Å²) in [4.78, 5) is 3.87. The van der Waals surface area contributed by atoms with Crippen molar-refractivity contribution < 1.29 is 10.2 Å². The van der Waals surface area contributed by atoms with Crippen LogP contribution in [0.5, 0.6) is 0 Å². The van der Waals surface area contributed by atoms with Crippen molar-refractivity contribution in [2.75, 3.05) is 0 Å². The summed E-state index contributed by atoms with van der Waals surface area (Å²) in [7, 11) is 0. The van der Waals surface area contributed by atoms with Gasteiger partial charge in [0.1, 0.15) is 24.4 Å². The zero-order valence-electron chi connectivity index (χ0n) is 12.5. The van der Waals surface area contributed by atoms with Crippen LogP contribution in [0.4, 0.5) is 0 Å². The van der Waals surface area contributed by atoms with E-state index in [1.54, 1.807) is 36.4 Å². The molecule has 124 valence electrons. The molecule has 0 aliphatic carbocycles. The third-order valence-corrected chi connectivity index (χ3v) is 4.38. The standard InChI is InChI=1S/C17H15Cl2N3O2/c18-13-6-7-14(15(19)8-13)17(24,9-22-11-20-10-21-22)16(23)12-4-2-1-3-5-12/h1-8,10-11,16,23-24H,9H2. The van der Waals surface area contributed by atoms with Crippen LogP contribution in [0.15, 0.2) is 61.2 Å². The van der Waals surface area contributed by atoms with Crippen molar-refractivity contribution in [3.63, 3.8) is 0 Å². The average molecular weight is 364 g/mol. The van der Waals surface area contributed by atoms with E-state index in [9.17, 15) is 10.2 Å². The van der Waals surface area contributed by atoms with Gasteiger partial charge in [-0.1, -0.05) is 59.6 Å². The second-order valence-electron chi connectivity index (χ2n) is 5.45. The minimum absolute atomic E-state index is 0.0234.